The molecule has 3 aromatic rings. The minimum Gasteiger partial charge on any atom is -0.273 e. The van der Waals surface area contributed by atoms with E-state index in [1.54, 1.807) is 0 Å². The van der Waals surface area contributed by atoms with E-state index in [1.165, 1.54) is 11.9 Å². The molecule has 132 valence electrons. The smallest absolute Gasteiger partial charge is 0.240 e. The third kappa shape index (κ3) is 3.42. The van der Waals surface area contributed by atoms with Crippen molar-refractivity contribution in [3.63, 3.8) is 0 Å². The number of carbonyl (C=O) groups excluding carboxylic acids is 1. The molecule has 0 N–H and O–H groups in total. The lowest BCUT2D eigenvalue weighted by Gasteiger charge is -2.32. The van der Waals surface area contributed by atoms with Gasteiger partial charge in [-0.1, -0.05) is 91.0 Å². The minimum atomic E-state index is -0.362. The van der Waals surface area contributed by atoms with Crippen LogP contribution in [0.4, 0.5) is 0 Å². The molecule has 0 spiro atoms. The highest BCUT2D eigenvalue weighted by molar-refractivity contribution is 6.16. The zero-order valence-corrected chi connectivity index (χ0v) is 15.0. The van der Waals surface area contributed by atoms with Crippen LogP contribution in [0.5, 0.6) is 0 Å². The van der Waals surface area contributed by atoms with E-state index < -0.39 is 0 Å². The maximum Gasteiger partial charge on any atom is 0.240 e. The first-order valence-electron chi connectivity index (χ1n) is 8.87. The molecule has 1 unspecified atom stereocenters. The molecule has 1 aliphatic rings. The number of nitrogens with zero attached hydrogens (tertiary/aromatic N) is 3. The number of rotatable bonds is 3. The summed E-state index contributed by atoms with van der Waals surface area (Å²) in [6.07, 6.45) is 0. The minimum absolute atomic E-state index is 0.124. The predicted molar refractivity (Wildman–Crippen MR) is 108 cm³/mol. The van der Waals surface area contributed by atoms with Crippen molar-refractivity contribution in [1.29, 1.82) is 0 Å². The van der Waals surface area contributed by atoms with Gasteiger partial charge in [0.2, 0.25) is 5.91 Å². The third-order valence-electron chi connectivity index (χ3n) is 4.47. The number of amidine groups is 1. The zero-order chi connectivity index (χ0) is 18.6. The van der Waals surface area contributed by atoms with Gasteiger partial charge in [-0.25, -0.2) is 10.0 Å². The van der Waals surface area contributed by atoms with E-state index in [-0.39, 0.29) is 11.9 Å². The number of amides is 1. The molecule has 0 radical (unpaired) electrons. The Morgan fingerprint density at radius 2 is 1.30 bits per heavy atom. The van der Waals surface area contributed by atoms with Crippen LogP contribution in [-0.2, 0) is 4.79 Å². The van der Waals surface area contributed by atoms with Crippen LogP contribution in [0.1, 0.15) is 29.7 Å². The summed E-state index contributed by atoms with van der Waals surface area (Å²) in [7, 11) is 0. The van der Waals surface area contributed by atoms with Gasteiger partial charge in [-0.2, -0.15) is 0 Å². The van der Waals surface area contributed by atoms with Gasteiger partial charge in [0.15, 0.2) is 5.84 Å². The van der Waals surface area contributed by atoms with Gasteiger partial charge in [0.1, 0.15) is 6.04 Å². The van der Waals surface area contributed by atoms with Crippen LogP contribution in [0.25, 0.3) is 0 Å². The Balaban J connectivity index is 1.91. The standard InChI is InChI=1S/C23H19N3O/c1-17(27)26-22(19-13-7-3-8-14-19)21(18-11-5-2-6-12-18)24-23(25-26)20-15-9-4-10-16-20/h2-16,22H,1H3. The van der Waals surface area contributed by atoms with E-state index in [4.69, 9.17) is 4.99 Å². The van der Waals surface area contributed by atoms with Crippen LogP contribution in [0.15, 0.2) is 101 Å². The molecule has 1 atom stereocenters. The van der Waals surface area contributed by atoms with Gasteiger partial charge < -0.3 is 0 Å². The fourth-order valence-electron chi connectivity index (χ4n) is 3.20. The van der Waals surface area contributed by atoms with Crippen molar-refractivity contribution in [2.75, 3.05) is 0 Å². The summed E-state index contributed by atoms with van der Waals surface area (Å²) in [4.78, 5) is 17.4. The summed E-state index contributed by atoms with van der Waals surface area (Å²) in [5.74, 6) is 0.414. The van der Waals surface area contributed by atoms with Crippen molar-refractivity contribution in [1.82, 2.24) is 5.01 Å². The Hall–Kier alpha value is -3.53. The molecule has 3 aromatic carbocycles. The van der Waals surface area contributed by atoms with E-state index in [0.717, 1.165) is 22.4 Å². The topological polar surface area (TPSA) is 45.0 Å². The lowest BCUT2D eigenvalue weighted by molar-refractivity contribution is -0.130. The molecule has 0 bridgehead atoms. The van der Waals surface area contributed by atoms with Crippen LogP contribution < -0.4 is 0 Å². The van der Waals surface area contributed by atoms with Gasteiger partial charge in [0.25, 0.3) is 0 Å². The molecule has 0 saturated heterocycles. The molecule has 0 aliphatic carbocycles. The van der Waals surface area contributed by atoms with Gasteiger partial charge in [0.05, 0.1) is 5.71 Å². The predicted octanol–water partition coefficient (Wildman–Crippen LogP) is 4.44. The van der Waals surface area contributed by atoms with Crippen LogP contribution in [0, 0.1) is 0 Å². The first kappa shape index (κ1) is 16.9. The van der Waals surface area contributed by atoms with Gasteiger partial charge in [-0.05, 0) is 11.1 Å². The van der Waals surface area contributed by atoms with Gasteiger partial charge in [0, 0.05) is 12.5 Å². The fraction of sp³-hybridized carbons (Fsp3) is 0.0870. The molecule has 1 amide bonds. The first-order chi connectivity index (χ1) is 13.2. The summed E-state index contributed by atoms with van der Waals surface area (Å²) < 4.78 is 0. The van der Waals surface area contributed by atoms with Crippen molar-refractivity contribution >= 4 is 17.5 Å². The van der Waals surface area contributed by atoms with Gasteiger partial charge in [-0.3, -0.25) is 4.79 Å². The quantitative estimate of drug-likeness (QED) is 0.686. The van der Waals surface area contributed by atoms with Crippen molar-refractivity contribution in [2.24, 2.45) is 10.1 Å². The molecule has 4 rings (SSSR count). The molecule has 1 heterocycles. The molecule has 0 saturated carbocycles. The molecule has 27 heavy (non-hydrogen) atoms. The summed E-state index contributed by atoms with van der Waals surface area (Å²) in [6.45, 7) is 1.54. The molecular formula is C23H19N3O. The van der Waals surface area contributed by atoms with E-state index in [0.29, 0.717) is 5.84 Å². The second-order valence-corrected chi connectivity index (χ2v) is 6.33. The summed E-state index contributed by atoms with van der Waals surface area (Å²) >= 11 is 0. The fourth-order valence-corrected chi connectivity index (χ4v) is 3.20. The van der Waals surface area contributed by atoms with Crippen LogP contribution in [-0.4, -0.2) is 22.5 Å². The maximum absolute atomic E-state index is 12.5. The van der Waals surface area contributed by atoms with E-state index in [1.807, 2.05) is 91.0 Å². The van der Waals surface area contributed by atoms with Crippen LogP contribution >= 0.6 is 0 Å². The molecule has 4 heteroatoms. The second kappa shape index (κ2) is 7.38. The monoisotopic (exact) mass is 353 g/mol. The van der Waals surface area contributed by atoms with E-state index in [2.05, 4.69) is 5.10 Å². The van der Waals surface area contributed by atoms with Crippen molar-refractivity contribution in [3.8, 4) is 0 Å². The largest absolute Gasteiger partial charge is 0.273 e. The Bertz CT molecular complexity index is 996. The molecule has 0 aromatic heterocycles. The highest BCUT2D eigenvalue weighted by Gasteiger charge is 2.33. The number of benzene rings is 3. The lowest BCUT2D eigenvalue weighted by atomic mass is 9.95. The second-order valence-electron chi connectivity index (χ2n) is 6.33. The van der Waals surface area contributed by atoms with Crippen molar-refractivity contribution in [3.05, 3.63) is 108 Å². The number of aliphatic imine (C=N–C) groups is 1. The Labute approximate surface area is 158 Å². The number of hydrogen-bond acceptors (Lipinski definition) is 3. The van der Waals surface area contributed by atoms with Crippen LogP contribution in [0.3, 0.4) is 0 Å². The number of hydrazone groups is 1. The van der Waals surface area contributed by atoms with E-state index >= 15 is 0 Å². The highest BCUT2D eigenvalue weighted by atomic mass is 16.2. The summed E-state index contributed by atoms with van der Waals surface area (Å²) in [6, 6.07) is 29.2. The number of carbonyl (C=O) groups is 1. The number of hydrogen-bond donors (Lipinski definition) is 0. The first-order valence-corrected chi connectivity index (χ1v) is 8.87. The summed E-state index contributed by atoms with van der Waals surface area (Å²) in [5, 5.41) is 6.13. The Kier molecular flexibility index (Phi) is 4.62. The summed E-state index contributed by atoms with van der Waals surface area (Å²) in [5.41, 5.74) is 3.64. The average Bonchev–Trinajstić information content (AvgIpc) is 2.74. The molecule has 0 fully saturated rings. The normalized spacial score (nSPS) is 16.5. The molecule has 4 nitrogen and oxygen atoms in total. The molecule has 1 aliphatic heterocycles. The lowest BCUT2D eigenvalue weighted by Crippen LogP contribution is -2.38. The van der Waals surface area contributed by atoms with Crippen LogP contribution in [0.2, 0.25) is 0 Å². The third-order valence-corrected chi connectivity index (χ3v) is 4.47. The van der Waals surface area contributed by atoms with Crippen molar-refractivity contribution in [2.45, 2.75) is 13.0 Å². The highest BCUT2D eigenvalue weighted by Crippen LogP contribution is 2.30. The van der Waals surface area contributed by atoms with Crippen molar-refractivity contribution < 1.29 is 4.79 Å². The van der Waals surface area contributed by atoms with Gasteiger partial charge >= 0.3 is 0 Å². The van der Waals surface area contributed by atoms with Gasteiger partial charge in [-0.15, -0.1) is 5.10 Å². The average molecular weight is 353 g/mol. The Morgan fingerprint density at radius 3 is 1.85 bits per heavy atom. The van der Waals surface area contributed by atoms with E-state index in [9.17, 15) is 4.79 Å². The SMILES string of the molecule is CC(=O)N1N=C(c2ccccc2)N=C(c2ccccc2)C1c1ccccc1. The molecular weight excluding hydrogens is 334 g/mol. The zero-order valence-electron chi connectivity index (χ0n) is 15.0. The Morgan fingerprint density at radius 1 is 0.778 bits per heavy atom. The maximum atomic E-state index is 12.5.